The third-order valence-corrected chi connectivity index (χ3v) is 4.02. The van der Waals surface area contributed by atoms with E-state index in [1.54, 1.807) is 14.2 Å². The van der Waals surface area contributed by atoms with E-state index in [2.05, 4.69) is 14.9 Å². The monoisotopic (exact) mass is 299 g/mol. The number of benzene rings is 1. The summed E-state index contributed by atoms with van der Waals surface area (Å²) in [4.78, 5) is 11.3. The van der Waals surface area contributed by atoms with Crippen LogP contribution in [0.15, 0.2) is 36.7 Å². The lowest BCUT2D eigenvalue weighted by molar-refractivity contribution is 0.107. The van der Waals surface area contributed by atoms with Gasteiger partial charge in [-0.25, -0.2) is 9.97 Å². The Hall–Kier alpha value is -1.98. The molecule has 1 unspecified atom stereocenters. The molecule has 5 heteroatoms. The number of ether oxygens (including phenoxy) is 2. The molecule has 116 valence electrons. The highest BCUT2D eigenvalue weighted by Gasteiger charge is 2.21. The van der Waals surface area contributed by atoms with Gasteiger partial charge < -0.3 is 9.47 Å². The Balaban J connectivity index is 1.64. The fourth-order valence-corrected chi connectivity index (χ4v) is 2.72. The third-order valence-electron chi connectivity index (χ3n) is 4.02. The van der Waals surface area contributed by atoms with E-state index in [1.807, 2.05) is 36.7 Å². The van der Waals surface area contributed by atoms with Gasteiger partial charge in [-0.05, 0) is 30.7 Å². The van der Waals surface area contributed by atoms with Crippen LogP contribution in [-0.4, -0.2) is 48.3 Å². The summed E-state index contributed by atoms with van der Waals surface area (Å²) < 4.78 is 10.6. The zero-order valence-electron chi connectivity index (χ0n) is 13.0. The zero-order chi connectivity index (χ0) is 15.4. The molecular formula is C17H21N3O2. The Bertz CT molecular complexity index is 598. The second-order valence-corrected chi connectivity index (χ2v) is 5.52. The molecule has 1 aromatic carbocycles. The normalized spacial score (nSPS) is 18.5. The summed E-state index contributed by atoms with van der Waals surface area (Å²) >= 11 is 0. The van der Waals surface area contributed by atoms with Crippen molar-refractivity contribution in [2.24, 2.45) is 0 Å². The summed E-state index contributed by atoms with van der Waals surface area (Å²) in [5, 5.41) is 0. The molecule has 22 heavy (non-hydrogen) atoms. The smallest absolute Gasteiger partial charge is 0.159 e. The number of nitrogens with zero attached hydrogens (tertiary/aromatic N) is 3. The molecule has 0 amide bonds. The highest BCUT2D eigenvalue weighted by molar-refractivity contribution is 5.55. The molecule has 1 aliphatic rings. The summed E-state index contributed by atoms with van der Waals surface area (Å²) in [6, 6.07) is 7.78. The van der Waals surface area contributed by atoms with E-state index in [1.165, 1.54) is 0 Å². The van der Waals surface area contributed by atoms with Crippen molar-refractivity contribution in [1.82, 2.24) is 14.9 Å². The summed E-state index contributed by atoms with van der Waals surface area (Å²) in [5.74, 6) is 1.57. The average Bonchev–Trinajstić information content (AvgIpc) is 3.03. The van der Waals surface area contributed by atoms with Gasteiger partial charge in [0.1, 0.15) is 5.75 Å². The van der Waals surface area contributed by atoms with Crippen molar-refractivity contribution < 1.29 is 9.47 Å². The molecular weight excluding hydrogens is 278 g/mol. The Labute approximate surface area is 130 Å². The molecule has 1 fully saturated rings. The van der Waals surface area contributed by atoms with Crippen molar-refractivity contribution >= 4 is 0 Å². The van der Waals surface area contributed by atoms with Crippen LogP contribution in [0.1, 0.15) is 12.0 Å². The zero-order valence-corrected chi connectivity index (χ0v) is 13.0. The molecule has 2 aromatic rings. The second kappa shape index (κ2) is 6.85. The van der Waals surface area contributed by atoms with Crippen LogP contribution in [0.3, 0.4) is 0 Å². The molecule has 3 rings (SSSR count). The van der Waals surface area contributed by atoms with E-state index in [-0.39, 0.29) is 0 Å². The number of aromatic nitrogens is 2. The first-order chi connectivity index (χ1) is 10.8. The van der Waals surface area contributed by atoms with Crippen LogP contribution in [0.25, 0.3) is 11.4 Å². The van der Waals surface area contributed by atoms with Gasteiger partial charge in [0.25, 0.3) is 0 Å². The summed E-state index contributed by atoms with van der Waals surface area (Å²) in [5.41, 5.74) is 2.13. The van der Waals surface area contributed by atoms with E-state index in [0.29, 0.717) is 6.10 Å². The Morgan fingerprint density at radius 3 is 2.45 bits per heavy atom. The SMILES string of the molecule is COc1ccc(-c2ncc(CN3CCC(OC)C3)cn2)cc1. The van der Waals surface area contributed by atoms with Gasteiger partial charge in [0, 0.05) is 50.3 Å². The van der Waals surface area contributed by atoms with Crippen molar-refractivity contribution in [3.63, 3.8) is 0 Å². The molecule has 5 nitrogen and oxygen atoms in total. The fourth-order valence-electron chi connectivity index (χ4n) is 2.72. The van der Waals surface area contributed by atoms with E-state index < -0.39 is 0 Å². The van der Waals surface area contributed by atoms with E-state index in [0.717, 1.165) is 48.8 Å². The van der Waals surface area contributed by atoms with Crippen molar-refractivity contribution in [2.75, 3.05) is 27.3 Å². The molecule has 0 N–H and O–H groups in total. The lowest BCUT2D eigenvalue weighted by Gasteiger charge is -2.15. The van der Waals surface area contributed by atoms with Crippen molar-refractivity contribution in [3.05, 3.63) is 42.2 Å². The van der Waals surface area contributed by atoms with Gasteiger partial charge in [0.05, 0.1) is 13.2 Å². The minimum Gasteiger partial charge on any atom is -0.497 e. The topological polar surface area (TPSA) is 47.5 Å². The maximum atomic E-state index is 5.39. The van der Waals surface area contributed by atoms with Gasteiger partial charge in [-0.2, -0.15) is 0 Å². The maximum absolute atomic E-state index is 5.39. The lowest BCUT2D eigenvalue weighted by Crippen LogP contribution is -2.22. The molecule has 2 heterocycles. The standard InChI is InChI=1S/C17H21N3O2/c1-21-15-5-3-14(4-6-15)17-18-9-13(10-19-17)11-20-8-7-16(12-20)22-2/h3-6,9-10,16H,7-8,11-12H2,1-2H3. The molecule has 1 aliphatic heterocycles. The summed E-state index contributed by atoms with van der Waals surface area (Å²) in [7, 11) is 3.44. The van der Waals surface area contributed by atoms with Crippen LogP contribution in [0, 0.1) is 0 Å². The van der Waals surface area contributed by atoms with E-state index in [9.17, 15) is 0 Å². The average molecular weight is 299 g/mol. The van der Waals surface area contributed by atoms with Crippen LogP contribution in [0.2, 0.25) is 0 Å². The van der Waals surface area contributed by atoms with Crippen molar-refractivity contribution in [3.8, 4) is 17.1 Å². The van der Waals surface area contributed by atoms with Crippen molar-refractivity contribution in [2.45, 2.75) is 19.1 Å². The molecule has 0 spiro atoms. The first-order valence-corrected chi connectivity index (χ1v) is 7.49. The van der Waals surface area contributed by atoms with E-state index >= 15 is 0 Å². The predicted molar refractivity (Wildman–Crippen MR) is 84.7 cm³/mol. The number of hydrogen-bond donors (Lipinski definition) is 0. The first-order valence-electron chi connectivity index (χ1n) is 7.49. The van der Waals surface area contributed by atoms with Gasteiger partial charge in [0.15, 0.2) is 5.82 Å². The van der Waals surface area contributed by atoms with Crippen LogP contribution in [0.5, 0.6) is 5.75 Å². The Morgan fingerprint density at radius 1 is 1.14 bits per heavy atom. The number of rotatable bonds is 5. The van der Waals surface area contributed by atoms with E-state index in [4.69, 9.17) is 9.47 Å². The Kier molecular flexibility index (Phi) is 4.65. The van der Waals surface area contributed by atoms with Gasteiger partial charge >= 0.3 is 0 Å². The molecule has 0 radical (unpaired) electrons. The molecule has 1 atom stereocenters. The van der Waals surface area contributed by atoms with Crippen molar-refractivity contribution in [1.29, 1.82) is 0 Å². The van der Waals surface area contributed by atoms with Crippen LogP contribution >= 0.6 is 0 Å². The highest BCUT2D eigenvalue weighted by atomic mass is 16.5. The number of methoxy groups -OCH3 is 2. The largest absolute Gasteiger partial charge is 0.497 e. The minimum absolute atomic E-state index is 0.361. The van der Waals surface area contributed by atoms with Gasteiger partial charge in [-0.3, -0.25) is 4.90 Å². The number of hydrogen-bond acceptors (Lipinski definition) is 5. The molecule has 1 aromatic heterocycles. The minimum atomic E-state index is 0.361. The second-order valence-electron chi connectivity index (χ2n) is 5.52. The van der Waals surface area contributed by atoms with Gasteiger partial charge in [-0.15, -0.1) is 0 Å². The van der Waals surface area contributed by atoms with Gasteiger partial charge in [-0.1, -0.05) is 0 Å². The summed E-state index contributed by atoms with van der Waals surface area (Å²) in [6.45, 7) is 2.93. The maximum Gasteiger partial charge on any atom is 0.159 e. The van der Waals surface area contributed by atoms with Crippen LogP contribution < -0.4 is 4.74 Å². The molecule has 0 bridgehead atoms. The predicted octanol–water partition coefficient (Wildman–Crippen LogP) is 2.37. The number of likely N-dealkylation sites (tertiary alicyclic amines) is 1. The first kappa shape index (κ1) is 14.9. The Morgan fingerprint density at radius 2 is 1.86 bits per heavy atom. The van der Waals surface area contributed by atoms with Crippen LogP contribution in [-0.2, 0) is 11.3 Å². The highest BCUT2D eigenvalue weighted by Crippen LogP contribution is 2.19. The molecule has 0 aliphatic carbocycles. The lowest BCUT2D eigenvalue weighted by atomic mass is 10.2. The van der Waals surface area contributed by atoms with Crippen LogP contribution in [0.4, 0.5) is 0 Å². The quantitative estimate of drug-likeness (QED) is 0.848. The summed E-state index contributed by atoms with van der Waals surface area (Å²) in [6.07, 6.45) is 5.28. The third kappa shape index (κ3) is 3.43. The molecule has 1 saturated heterocycles. The fraction of sp³-hybridized carbons (Fsp3) is 0.412. The van der Waals surface area contributed by atoms with Gasteiger partial charge in [0.2, 0.25) is 0 Å². The molecule has 0 saturated carbocycles.